The van der Waals surface area contributed by atoms with Crippen molar-refractivity contribution in [3.8, 4) is 5.75 Å². The number of carbonyl (C=O) groups excluding carboxylic acids is 1. The molecular weight excluding hydrogens is 335 g/mol. The normalized spacial score (nSPS) is 14.9. The highest BCUT2D eigenvalue weighted by atomic mass is 35.5. The number of hydrogen-bond acceptors (Lipinski definition) is 3. The number of nitrogens with zero attached hydrogens (tertiary/aromatic N) is 2. The van der Waals surface area contributed by atoms with Crippen molar-refractivity contribution in [3.05, 3.63) is 58.1 Å². The molecule has 1 saturated heterocycles. The van der Waals surface area contributed by atoms with Crippen molar-refractivity contribution in [1.29, 1.82) is 0 Å². The van der Waals surface area contributed by atoms with Gasteiger partial charge in [-0.15, -0.1) is 0 Å². The van der Waals surface area contributed by atoms with Crippen LogP contribution >= 0.6 is 23.2 Å². The van der Waals surface area contributed by atoms with Gasteiger partial charge in [-0.05, 0) is 30.3 Å². The lowest BCUT2D eigenvalue weighted by Gasteiger charge is -2.36. The van der Waals surface area contributed by atoms with Gasteiger partial charge in [-0.3, -0.25) is 4.79 Å². The molecule has 1 aliphatic rings. The van der Waals surface area contributed by atoms with Crippen LogP contribution in [0.3, 0.4) is 0 Å². The maximum Gasteiger partial charge on any atom is 0.255 e. The number of para-hydroxylation sites is 2. The van der Waals surface area contributed by atoms with Gasteiger partial charge in [0.05, 0.1) is 16.3 Å². The highest BCUT2D eigenvalue weighted by Gasteiger charge is 2.24. The van der Waals surface area contributed by atoms with Gasteiger partial charge in [-0.25, -0.2) is 0 Å². The topological polar surface area (TPSA) is 43.8 Å². The van der Waals surface area contributed by atoms with E-state index in [0.717, 1.165) is 5.69 Å². The Morgan fingerprint density at radius 2 is 1.70 bits per heavy atom. The fourth-order valence-electron chi connectivity index (χ4n) is 2.71. The summed E-state index contributed by atoms with van der Waals surface area (Å²) in [5.74, 6) is 0.139. The molecule has 0 radical (unpaired) electrons. The van der Waals surface area contributed by atoms with Crippen molar-refractivity contribution < 1.29 is 9.90 Å². The summed E-state index contributed by atoms with van der Waals surface area (Å²) in [6, 6.07) is 12.1. The molecule has 1 aliphatic heterocycles. The SMILES string of the molecule is O=C(c1cc(Cl)ccc1Cl)N1CCN(c2ccccc2O)CC1. The van der Waals surface area contributed by atoms with Crippen LogP contribution in [-0.4, -0.2) is 42.1 Å². The minimum Gasteiger partial charge on any atom is -0.506 e. The van der Waals surface area contributed by atoms with Gasteiger partial charge >= 0.3 is 0 Å². The van der Waals surface area contributed by atoms with Gasteiger partial charge in [0.15, 0.2) is 0 Å². The van der Waals surface area contributed by atoms with E-state index in [9.17, 15) is 9.90 Å². The van der Waals surface area contributed by atoms with Gasteiger partial charge < -0.3 is 14.9 Å². The fourth-order valence-corrected chi connectivity index (χ4v) is 3.08. The van der Waals surface area contributed by atoms with Crippen LogP contribution in [0.1, 0.15) is 10.4 Å². The molecule has 0 saturated carbocycles. The van der Waals surface area contributed by atoms with Crippen LogP contribution in [0.2, 0.25) is 10.0 Å². The number of carbonyl (C=O) groups is 1. The predicted octanol–water partition coefficient (Wildman–Crippen LogP) is 3.66. The lowest BCUT2D eigenvalue weighted by atomic mass is 10.1. The molecule has 120 valence electrons. The second kappa shape index (κ2) is 6.69. The Balaban J connectivity index is 1.70. The summed E-state index contributed by atoms with van der Waals surface area (Å²) in [7, 11) is 0. The van der Waals surface area contributed by atoms with E-state index in [4.69, 9.17) is 23.2 Å². The van der Waals surface area contributed by atoms with Crippen LogP contribution in [0.15, 0.2) is 42.5 Å². The van der Waals surface area contributed by atoms with E-state index >= 15 is 0 Å². The van der Waals surface area contributed by atoms with Crippen molar-refractivity contribution in [2.45, 2.75) is 0 Å². The molecule has 1 N–H and O–H groups in total. The largest absolute Gasteiger partial charge is 0.506 e. The molecule has 23 heavy (non-hydrogen) atoms. The van der Waals surface area contributed by atoms with E-state index in [0.29, 0.717) is 41.8 Å². The predicted molar refractivity (Wildman–Crippen MR) is 92.7 cm³/mol. The lowest BCUT2D eigenvalue weighted by molar-refractivity contribution is 0.0747. The van der Waals surface area contributed by atoms with Crippen molar-refractivity contribution >= 4 is 34.8 Å². The average molecular weight is 351 g/mol. The summed E-state index contributed by atoms with van der Waals surface area (Å²) < 4.78 is 0. The number of hydrogen-bond donors (Lipinski definition) is 1. The minimum atomic E-state index is -0.116. The molecule has 1 fully saturated rings. The van der Waals surface area contributed by atoms with Gasteiger partial charge in [0, 0.05) is 31.2 Å². The molecule has 1 amide bonds. The number of benzene rings is 2. The fraction of sp³-hybridized carbons (Fsp3) is 0.235. The molecule has 0 bridgehead atoms. The van der Waals surface area contributed by atoms with Crippen LogP contribution in [-0.2, 0) is 0 Å². The standard InChI is InChI=1S/C17H16Cl2N2O2/c18-12-5-6-14(19)13(11-12)17(23)21-9-7-20(8-10-21)15-3-1-2-4-16(15)22/h1-6,11,22H,7-10H2. The summed E-state index contributed by atoms with van der Waals surface area (Å²) in [6.45, 7) is 2.44. The zero-order chi connectivity index (χ0) is 16.4. The van der Waals surface area contributed by atoms with Crippen LogP contribution in [0.5, 0.6) is 5.75 Å². The van der Waals surface area contributed by atoms with Crippen LogP contribution in [0.4, 0.5) is 5.69 Å². The Kier molecular flexibility index (Phi) is 4.64. The number of anilines is 1. The number of rotatable bonds is 2. The summed E-state index contributed by atoms with van der Waals surface area (Å²) in [5, 5.41) is 10.8. The molecular formula is C17H16Cl2N2O2. The highest BCUT2D eigenvalue weighted by Crippen LogP contribution is 2.28. The molecule has 0 aliphatic carbocycles. The molecule has 0 unspecified atom stereocenters. The van der Waals surface area contributed by atoms with Crippen LogP contribution < -0.4 is 4.90 Å². The Morgan fingerprint density at radius 3 is 2.39 bits per heavy atom. The monoisotopic (exact) mass is 350 g/mol. The van der Waals surface area contributed by atoms with Crippen LogP contribution in [0.25, 0.3) is 0 Å². The molecule has 2 aromatic carbocycles. The summed E-state index contributed by atoms with van der Waals surface area (Å²) in [5.41, 5.74) is 1.22. The van der Waals surface area contributed by atoms with E-state index in [-0.39, 0.29) is 11.7 Å². The first-order valence-corrected chi connectivity index (χ1v) is 8.09. The summed E-state index contributed by atoms with van der Waals surface area (Å²) in [4.78, 5) is 16.4. The highest BCUT2D eigenvalue weighted by molar-refractivity contribution is 6.35. The quantitative estimate of drug-likeness (QED) is 0.898. The Morgan fingerprint density at radius 1 is 1.00 bits per heavy atom. The average Bonchev–Trinajstić information content (AvgIpc) is 2.57. The molecule has 4 nitrogen and oxygen atoms in total. The maximum atomic E-state index is 12.6. The molecule has 0 spiro atoms. The Hall–Kier alpha value is -1.91. The second-order valence-corrected chi connectivity index (χ2v) is 6.24. The van der Waals surface area contributed by atoms with Gasteiger partial charge in [-0.1, -0.05) is 35.3 Å². The second-order valence-electron chi connectivity index (χ2n) is 5.39. The van der Waals surface area contributed by atoms with Crippen molar-refractivity contribution in [2.75, 3.05) is 31.1 Å². The first-order valence-electron chi connectivity index (χ1n) is 7.33. The number of halogens is 2. The molecule has 2 aromatic rings. The van der Waals surface area contributed by atoms with Crippen molar-refractivity contribution in [1.82, 2.24) is 4.90 Å². The third-order valence-electron chi connectivity index (χ3n) is 3.95. The van der Waals surface area contributed by atoms with Crippen molar-refractivity contribution in [3.63, 3.8) is 0 Å². The van der Waals surface area contributed by atoms with Gasteiger partial charge in [0.25, 0.3) is 5.91 Å². The van der Waals surface area contributed by atoms with E-state index in [2.05, 4.69) is 4.90 Å². The number of amides is 1. The third-order valence-corrected chi connectivity index (χ3v) is 4.51. The first kappa shape index (κ1) is 16.0. The zero-order valence-electron chi connectivity index (χ0n) is 12.4. The molecule has 3 rings (SSSR count). The summed E-state index contributed by atoms with van der Waals surface area (Å²) in [6.07, 6.45) is 0. The number of phenols is 1. The molecule has 1 heterocycles. The Labute approximate surface area is 144 Å². The third kappa shape index (κ3) is 3.38. The van der Waals surface area contributed by atoms with Gasteiger partial charge in [0.1, 0.15) is 5.75 Å². The van der Waals surface area contributed by atoms with E-state index in [1.54, 1.807) is 35.2 Å². The van der Waals surface area contributed by atoms with E-state index < -0.39 is 0 Å². The maximum absolute atomic E-state index is 12.6. The first-order chi connectivity index (χ1) is 11.1. The number of phenolic OH excluding ortho intramolecular Hbond substituents is 1. The molecule has 6 heteroatoms. The van der Waals surface area contributed by atoms with E-state index in [1.807, 2.05) is 12.1 Å². The summed E-state index contributed by atoms with van der Waals surface area (Å²) >= 11 is 12.1. The molecule has 0 aromatic heterocycles. The van der Waals surface area contributed by atoms with Gasteiger partial charge in [-0.2, -0.15) is 0 Å². The zero-order valence-corrected chi connectivity index (χ0v) is 13.9. The smallest absolute Gasteiger partial charge is 0.255 e. The van der Waals surface area contributed by atoms with Gasteiger partial charge in [0.2, 0.25) is 0 Å². The van der Waals surface area contributed by atoms with Crippen LogP contribution in [0, 0.1) is 0 Å². The Bertz CT molecular complexity index is 728. The number of piperazine rings is 1. The molecule has 0 atom stereocenters. The number of aromatic hydroxyl groups is 1. The lowest BCUT2D eigenvalue weighted by Crippen LogP contribution is -2.48. The van der Waals surface area contributed by atoms with Crippen molar-refractivity contribution in [2.24, 2.45) is 0 Å². The van der Waals surface area contributed by atoms with E-state index in [1.165, 1.54) is 0 Å². The minimum absolute atomic E-state index is 0.116.